The molecule has 6 nitrogen and oxygen atoms in total. The van der Waals surface area contributed by atoms with Gasteiger partial charge in [-0.3, -0.25) is 4.79 Å². The molecule has 3 heterocycles. The summed E-state index contributed by atoms with van der Waals surface area (Å²) >= 11 is 1.58. The Morgan fingerprint density at radius 1 is 1.07 bits per heavy atom. The molecule has 0 aliphatic heterocycles. The topological polar surface area (TPSA) is 72.4 Å². The number of thiophene rings is 1. The third-order valence-corrected chi connectivity index (χ3v) is 4.98. The molecule has 0 fully saturated rings. The zero-order valence-corrected chi connectivity index (χ0v) is 16.0. The van der Waals surface area contributed by atoms with Crippen molar-refractivity contribution in [1.82, 2.24) is 15.0 Å². The highest BCUT2D eigenvalue weighted by molar-refractivity contribution is 7.08. The Morgan fingerprint density at radius 2 is 1.96 bits per heavy atom. The number of rotatable bonds is 8. The number of benzene rings is 1. The number of furan rings is 1. The number of amides is 1. The maximum absolute atomic E-state index is 12.9. The molecule has 7 heteroatoms. The van der Waals surface area contributed by atoms with E-state index in [2.05, 4.69) is 10.1 Å². The predicted molar refractivity (Wildman–Crippen MR) is 105 cm³/mol. The van der Waals surface area contributed by atoms with E-state index in [4.69, 9.17) is 8.94 Å². The fraction of sp³-hybridized carbons (Fsp3) is 0.190. The van der Waals surface area contributed by atoms with E-state index in [9.17, 15) is 4.79 Å². The van der Waals surface area contributed by atoms with Gasteiger partial charge in [-0.1, -0.05) is 35.5 Å². The number of hydrogen-bond acceptors (Lipinski definition) is 6. The summed E-state index contributed by atoms with van der Waals surface area (Å²) < 4.78 is 10.7. The van der Waals surface area contributed by atoms with E-state index in [1.54, 1.807) is 22.5 Å². The summed E-state index contributed by atoms with van der Waals surface area (Å²) in [6, 6.07) is 15.5. The minimum Gasteiger partial charge on any atom is -0.467 e. The van der Waals surface area contributed by atoms with Crippen molar-refractivity contribution in [2.75, 3.05) is 0 Å². The van der Waals surface area contributed by atoms with Crippen LogP contribution in [0.5, 0.6) is 0 Å². The van der Waals surface area contributed by atoms with Crippen LogP contribution in [0.1, 0.15) is 23.6 Å². The number of aryl methyl sites for hydroxylation is 1. The van der Waals surface area contributed by atoms with Gasteiger partial charge in [-0.05, 0) is 29.1 Å². The van der Waals surface area contributed by atoms with Crippen molar-refractivity contribution in [2.24, 2.45) is 0 Å². The second kappa shape index (κ2) is 8.67. The normalized spacial score (nSPS) is 10.9. The molecular formula is C21H19N3O3S. The molecule has 3 aromatic heterocycles. The van der Waals surface area contributed by atoms with Crippen molar-refractivity contribution in [3.05, 3.63) is 82.8 Å². The zero-order chi connectivity index (χ0) is 19.2. The van der Waals surface area contributed by atoms with E-state index in [-0.39, 0.29) is 5.91 Å². The Morgan fingerprint density at radius 3 is 2.71 bits per heavy atom. The van der Waals surface area contributed by atoms with Crippen LogP contribution >= 0.6 is 11.3 Å². The summed E-state index contributed by atoms with van der Waals surface area (Å²) in [5, 5.41) is 7.92. The molecule has 4 rings (SSSR count). The quantitative estimate of drug-likeness (QED) is 0.439. The second-order valence-corrected chi connectivity index (χ2v) is 7.12. The molecule has 0 aliphatic carbocycles. The molecule has 0 saturated carbocycles. The number of carbonyl (C=O) groups excluding carboxylic acids is 1. The van der Waals surface area contributed by atoms with Crippen LogP contribution in [0.3, 0.4) is 0 Å². The predicted octanol–water partition coefficient (Wildman–Crippen LogP) is 4.55. The standard InChI is InChI=1S/C21H19N3O3S/c25-20(9-8-19-22-21(23-27-19)17-10-12-28-15-17)24(14-18-7-4-11-26-18)13-16-5-2-1-3-6-16/h1-7,10-12,15H,8-9,13-14H2. The van der Waals surface area contributed by atoms with Gasteiger partial charge in [-0.15, -0.1) is 0 Å². The largest absolute Gasteiger partial charge is 0.467 e. The second-order valence-electron chi connectivity index (χ2n) is 6.34. The lowest BCUT2D eigenvalue weighted by atomic mass is 10.2. The zero-order valence-electron chi connectivity index (χ0n) is 15.2. The minimum absolute atomic E-state index is 0.00976. The summed E-state index contributed by atoms with van der Waals surface area (Å²) in [6.45, 7) is 0.940. The van der Waals surface area contributed by atoms with Crippen molar-refractivity contribution >= 4 is 17.2 Å². The molecule has 0 atom stereocenters. The van der Waals surface area contributed by atoms with E-state index >= 15 is 0 Å². The maximum atomic E-state index is 12.9. The average molecular weight is 393 g/mol. The maximum Gasteiger partial charge on any atom is 0.227 e. The van der Waals surface area contributed by atoms with Gasteiger partial charge in [-0.2, -0.15) is 16.3 Å². The van der Waals surface area contributed by atoms with Crippen molar-refractivity contribution in [3.8, 4) is 11.4 Å². The Labute approximate surface area is 166 Å². The molecule has 0 spiro atoms. The van der Waals surface area contributed by atoms with Gasteiger partial charge in [0.2, 0.25) is 17.6 Å². The third kappa shape index (κ3) is 4.55. The number of carbonyl (C=O) groups is 1. The van der Waals surface area contributed by atoms with Crippen LogP contribution in [0.15, 0.2) is 74.5 Å². The van der Waals surface area contributed by atoms with Crippen molar-refractivity contribution in [3.63, 3.8) is 0 Å². The summed E-state index contributed by atoms with van der Waals surface area (Å²) in [7, 11) is 0. The van der Waals surface area contributed by atoms with Crippen LogP contribution < -0.4 is 0 Å². The van der Waals surface area contributed by atoms with Gasteiger partial charge in [-0.25, -0.2) is 0 Å². The number of hydrogen-bond donors (Lipinski definition) is 0. The Balaban J connectivity index is 1.41. The third-order valence-electron chi connectivity index (χ3n) is 4.30. The molecule has 1 aromatic carbocycles. The van der Waals surface area contributed by atoms with E-state index in [1.807, 2.05) is 59.3 Å². The lowest BCUT2D eigenvalue weighted by molar-refractivity contribution is -0.132. The van der Waals surface area contributed by atoms with Gasteiger partial charge in [0.1, 0.15) is 5.76 Å². The van der Waals surface area contributed by atoms with E-state index < -0.39 is 0 Å². The SMILES string of the molecule is O=C(CCc1nc(-c2ccsc2)no1)N(Cc1ccccc1)Cc1ccco1. The van der Waals surface area contributed by atoms with Crippen molar-refractivity contribution < 1.29 is 13.7 Å². The highest BCUT2D eigenvalue weighted by Crippen LogP contribution is 2.19. The highest BCUT2D eigenvalue weighted by atomic mass is 32.1. The van der Waals surface area contributed by atoms with Crippen LogP contribution in [-0.2, 0) is 24.3 Å². The molecule has 0 unspecified atom stereocenters. The van der Waals surface area contributed by atoms with Gasteiger partial charge in [0.15, 0.2) is 0 Å². The molecule has 0 N–H and O–H groups in total. The van der Waals surface area contributed by atoms with Gasteiger partial charge in [0, 0.05) is 30.3 Å². The Hall–Kier alpha value is -3.19. The molecule has 1 amide bonds. The van der Waals surface area contributed by atoms with E-state index in [1.165, 1.54) is 0 Å². The van der Waals surface area contributed by atoms with E-state index in [0.717, 1.165) is 16.9 Å². The fourth-order valence-corrected chi connectivity index (χ4v) is 3.50. The molecular weight excluding hydrogens is 374 g/mol. The van der Waals surface area contributed by atoms with Crippen LogP contribution in [0.2, 0.25) is 0 Å². The number of nitrogens with zero attached hydrogens (tertiary/aromatic N) is 3. The summed E-state index contributed by atoms with van der Waals surface area (Å²) in [5.41, 5.74) is 2.00. The molecule has 28 heavy (non-hydrogen) atoms. The first kappa shape index (κ1) is 18.2. The fourth-order valence-electron chi connectivity index (χ4n) is 2.86. The molecule has 0 saturated heterocycles. The van der Waals surface area contributed by atoms with Gasteiger partial charge in [0.25, 0.3) is 0 Å². The van der Waals surface area contributed by atoms with Gasteiger partial charge < -0.3 is 13.8 Å². The smallest absolute Gasteiger partial charge is 0.227 e. The lowest BCUT2D eigenvalue weighted by Gasteiger charge is -2.21. The minimum atomic E-state index is 0.00976. The van der Waals surface area contributed by atoms with Gasteiger partial charge in [0.05, 0.1) is 12.8 Å². The lowest BCUT2D eigenvalue weighted by Crippen LogP contribution is -2.30. The van der Waals surface area contributed by atoms with Crippen LogP contribution in [-0.4, -0.2) is 20.9 Å². The first-order valence-corrected chi connectivity index (χ1v) is 9.91. The molecule has 0 radical (unpaired) electrons. The summed E-state index contributed by atoms with van der Waals surface area (Å²) in [5.74, 6) is 1.78. The van der Waals surface area contributed by atoms with Crippen molar-refractivity contribution in [1.29, 1.82) is 0 Å². The van der Waals surface area contributed by atoms with Crippen LogP contribution in [0, 0.1) is 0 Å². The summed E-state index contributed by atoms with van der Waals surface area (Å²) in [6.07, 6.45) is 2.31. The first-order valence-electron chi connectivity index (χ1n) is 8.97. The molecule has 142 valence electrons. The first-order chi connectivity index (χ1) is 13.8. The van der Waals surface area contributed by atoms with Crippen LogP contribution in [0.4, 0.5) is 0 Å². The molecule has 0 bridgehead atoms. The highest BCUT2D eigenvalue weighted by Gasteiger charge is 2.18. The Kier molecular flexibility index (Phi) is 5.63. The summed E-state index contributed by atoms with van der Waals surface area (Å²) in [4.78, 5) is 19.0. The van der Waals surface area contributed by atoms with Crippen molar-refractivity contribution in [2.45, 2.75) is 25.9 Å². The van der Waals surface area contributed by atoms with Crippen LogP contribution in [0.25, 0.3) is 11.4 Å². The molecule has 0 aliphatic rings. The molecule has 4 aromatic rings. The monoisotopic (exact) mass is 393 g/mol. The van der Waals surface area contributed by atoms with E-state index in [0.29, 0.717) is 37.6 Å². The Bertz CT molecular complexity index is 995. The van der Waals surface area contributed by atoms with Gasteiger partial charge >= 0.3 is 0 Å². The number of aromatic nitrogens is 2. The average Bonchev–Trinajstić information content (AvgIpc) is 3.48.